The standard InChI is InChI=1S/C24H31N3O3/c1-15(2)18-6-5-7-20(10-18)27-9-8-16(3)22(24(27)29)23(28)25-19-11-21-14-30-17(4)12-26(21)13-19/h5-10,15,17,19,21H,11-14H2,1-4H3,(H,25,28)/t17-,19-,21+/m1/s1. The van der Waals surface area contributed by atoms with Crippen molar-refractivity contribution in [3.05, 3.63) is 63.6 Å². The lowest BCUT2D eigenvalue weighted by molar-refractivity contribution is -0.0390. The lowest BCUT2D eigenvalue weighted by atomic mass is 10.0. The van der Waals surface area contributed by atoms with Crippen LogP contribution in [0, 0.1) is 6.92 Å². The van der Waals surface area contributed by atoms with Gasteiger partial charge in [-0.05, 0) is 55.5 Å². The molecule has 0 unspecified atom stereocenters. The van der Waals surface area contributed by atoms with E-state index in [0.29, 0.717) is 24.1 Å². The predicted octanol–water partition coefficient (Wildman–Crippen LogP) is 2.86. The Bertz CT molecular complexity index is 997. The Morgan fingerprint density at radius 2 is 2.03 bits per heavy atom. The third kappa shape index (κ3) is 4.07. The maximum atomic E-state index is 13.3. The number of aryl methyl sites for hydroxylation is 1. The third-order valence-corrected chi connectivity index (χ3v) is 6.27. The molecule has 0 radical (unpaired) electrons. The van der Waals surface area contributed by atoms with Gasteiger partial charge >= 0.3 is 0 Å². The Morgan fingerprint density at radius 3 is 2.80 bits per heavy atom. The van der Waals surface area contributed by atoms with Gasteiger partial charge in [0, 0.05) is 37.1 Å². The van der Waals surface area contributed by atoms with Crippen LogP contribution in [0.2, 0.25) is 0 Å². The van der Waals surface area contributed by atoms with Crippen molar-refractivity contribution in [2.75, 3.05) is 19.7 Å². The van der Waals surface area contributed by atoms with E-state index in [-0.39, 0.29) is 29.2 Å². The molecule has 2 fully saturated rings. The number of fused-ring (bicyclic) bond motifs is 1. The number of ether oxygens (including phenoxy) is 1. The zero-order valence-corrected chi connectivity index (χ0v) is 18.2. The number of hydrogen-bond donors (Lipinski definition) is 1. The van der Waals surface area contributed by atoms with Gasteiger partial charge in [0.15, 0.2) is 0 Å². The molecule has 2 aromatic rings. The van der Waals surface area contributed by atoms with Gasteiger partial charge in [-0.1, -0.05) is 26.0 Å². The first-order valence-electron chi connectivity index (χ1n) is 10.8. The first-order chi connectivity index (χ1) is 14.3. The van der Waals surface area contributed by atoms with Crippen molar-refractivity contribution in [1.29, 1.82) is 0 Å². The van der Waals surface area contributed by atoms with Gasteiger partial charge in [-0.2, -0.15) is 0 Å². The second kappa shape index (κ2) is 8.36. The molecule has 0 saturated carbocycles. The van der Waals surface area contributed by atoms with Gasteiger partial charge in [-0.15, -0.1) is 0 Å². The van der Waals surface area contributed by atoms with Gasteiger partial charge in [0.1, 0.15) is 5.56 Å². The summed E-state index contributed by atoms with van der Waals surface area (Å²) in [6, 6.07) is 10.1. The Kier molecular flexibility index (Phi) is 5.80. The van der Waals surface area contributed by atoms with Crippen molar-refractivity contribution in [3.8, 4) is 5.69 Å². The van der Waals surface area contributed by atoms with E-state index in [2.05, 4.69) is 37.1 Å². The normalized spacial score (nSPS) is 24.1. The van der Waals surface area contributed by atoms with E-state index in [0.717, 1.165) is 30.8 Å². The van der Waals surface area contributed by atoms with E-state index < -0.39 is 0 Å². The fourth-order valence-electron chi connectivity index (χ4n) is 4.54. The summed E-state index contributed by atoms with van der Waals surface area (Å²) in [4.78, 5) is 28.7. The number of nitrogens with zero attached hydrogens (tertiary/aromatic N) is 2. The maximum absolute atomic E-state index is 13.3. The minimum Gasteiger partial charge on any atom is -0.376 e. The van der Waals surface area contributed by atoms with Crippen LogP contribution >= 0.6 is 0 Å². The number of pyridine rings is 1. The molecule has 0 aliphatic carbocycles. The molecular weight excluding hydrogens is 378 g/mol. The highest BCUT2D eigenvalue weighted by atomic mass is 16.5. The minimum atomic E-state index is -0.286. The average molecular weight is 410 g/mol. The van der Waals surface area contributed by atoms with Crippen molar-refractivity contribution < 1.29 is 9.53 Å². The fourth-order valence-corrected chi connectivity index (χ4v) is 4.54. The Balaban J connectivity index is 1.57. The molecule has 6 nitrogen and oxygen atoms in total. The molecule has 1 aromatic carbocycles. The summed E-state index contributed by atoms with van der Waals surface area (Å²) >= 11 is 0. The molecule has 4 rings (SSSR count). The number of hydrogen-bond acceptors (Lipinski definition) is 4. The first kappa shape index (κ1) is 20.8. The smallest absolute Gasteiger partial charge is 0.268 e. The topological polar surface area (TPSA) is 63.6 Å². The fraction of sp³-hybridized carbons (Fsp3) is 0.500. The second-order valence-electron chi connectivity index (χ2n) is 8.96. The van der Waals surface area contributed by atoms with Gasteiger partial charge in [0.2, 0.25) is 0 Å². The molecule has 3 heterocycles. The van der Waals surface area contributed by atoms with Gasteiger partial charge in [-0.25, -0.2) is 0 Å². The number of carbonyl (C=O) groups excluding carboxylic acids is 1. The van der Waals surface area contributed by atoms with E-state index in [1.54, 1.807) is 10.8 Å². The monoisotopic (exact) mass is 409 g/mol. The molecular formula is C24H31N3O3. The van der Waals surface area contributed by atoms with Crippen LogP contribution < -0.4 is 10.9 Å². The summed E-state index contributed by atoms with van der Waals surface area (Å²) in [6.45, 7) is 10.5. The lowest BCUT2D eigenvalue weighted by Gasteiger charge is -2.33. The molecule has 2 aliphatic heterocycles. The number of carbonyl (C=O) groups is 1. The van der Waals surface area contributed by atoms with Crippen LogP contribution in [-0.2, 0) is 4.74 Å². The number of rotatable bonds is 4. The Morgan fingerprint density at radius 1 is 1.23 bits per heavy atom. The number of aromatic nitrogens is 1. The van der Waals surface area contributed by atoms with Crippen molar-refractivity contribution in [3.63, 3.8) is 0 Å². The summed E-state index contributed by atoms with van der Waals surface area (Å²) in [5.74, 6) is 0.0761. The van der Waals surface area contributed by atoms with E-state index in [9.17, 15) is 9.59 Å². The highest BCUT2D eigenvalue weighted by Gasteiger charge is 2.37. The number of nitrogens with one attached hydrogen (secondary N) is 1. The zero-order valence-electron chi connectivity index (χ0n) is 18.2. The molecule has 1 amide bonds. The molecule has 160 valence electrons. The minimum absolute atomic E-state index is 0.0353. The SMILES string of the molecule is Cc1ccn(-c2cccc(C(C)C)c2)c(=O)c1C(=O)N[C@@H]1C[C@H]2CO[C@H](C)CN2C1. The largest absolute Gasteiger partial charge is 0.376 e. The second-order valence-corrected chi connectivity index (χ2v) is 8.96. The Labute approximate surface area is 177 Å². The number of benzene rings is 1. The predicted molar refractivity (Wildman–Crippen MR) is 118 cm³/mol. The van der Waals surface area contributed by atoms with Crippen molar-refractivity contribution >= 4 is 5.91 Å². The average Bonchev–Trinajstić information content (AvgIpc) is 3.09. The van der Waals surface area contributed by atoms with Crippen molar-refractivity contribution in [2.45, 2.75) is 58.2 Å². The summed E-state index contributed by atoms with van der Waals surface area (Å²) in [6.07, 6.45) is 2.83. The van der Waals surface area contributed by atoms with Crippen LogP contribution in [0.3, 0.4) is 0 Å². The summed E-state index contributed by atoms with van der Waals surface area (Å²) < 4.78 is 7.32. The highest BCUT2D eigenvalue weighted by Crippen LogP contribution is 2.23. The molecule has 1 N–H and O–H groups in total. The van der Waals surface area contributed by atoms with E-state index in [1.807, 2.05) is 31.2 Å². The number of amides is 1. The first-order valence-corrected chi connectivity index (χ1v) is 10.8. The molecule has 1 aromatic heterocycles. The summed E-state index contributed by atoms with van der Waals surface area (Å²) in [5.41, 5.74) is 2.58. The van der Waals surface area contributed by atoms with Gasteiger partial charge in [0.25, 0.3) is 11.5 Å². The zero-order chi connectivity index (χ0) is 21.4. The molecule has 30 heavy (non-hydrogen) atoms. The van der Waals surface area contributed by atoms with Crippen molar-refractivity contribution in [1.82, 2.24) is 14.8 Å². The van der Waals surface area contributed by atoms with Crippen LogP contribution in [0.1, 0.15) is 54.6 Å². The molecule has 0 bridgehead atoms. The van der Waals surface area contributed by atoms with Gasteiger partial charge in [0.05, 0.1) is 12.7 Å². The number of morpholine rings is 1. The maximum Gasteiger partial charge on any atom is 0.268 e. The molecule has 2 aliphatic rings. The van der Waals surface area contributed by atoms with E-state index in [4.69, 9.17) is 4.74 Å². The van der Waals surface area contributed by atoms with Crippen LogP contribution in [0.25, 0.3) is 5.69 Å². The van der Waals surface area contributed by atoms with Gasteiger partial charge in [-0.3, -0.25) is 19.1 Å². The summed E-state index contributed by atoms with van der Waals surface area (Å²) in [5, 5.41) is 3.11. The van der Waals surface area contributed by atoms with Crippen LogP contribution in [0.4, 0.5) is 0 Å². The van der Waals surface area contributed by atoms with E-state index in [1.165, 1.54) is 0 Å². The quantitative estimate of drug-likeness (QED) is 0.844. The molecule has 0 spiro atoms. The van der Waals surface area contributed by atoms with Crippen LogP contribution in [-0.4, -0.2) is 53.3 Å². The van der Waals surface area contributed by atoms with Crippen LogP contribution in [0.5, 0.6) is 0 Å². The van der Waals surface area contributed by atoms with Gasteiger partial charge < -0.3 is 10.1 Å². The molecule has 6 heteroatoms. The molecule has 3 atom stereocenters. The van der Waals surface area contributed by atoms with Crippen LogP contribution in [0.15, 0.2) is 41.3 Å². The summed E-state index contributed by atoms with van der Waals surface area (Å²) in [7, 11) is 0. The molecule has 2 saturated heterocycles. The third-order valence-electron chi connectivity index (χ3n) is 6.27. The Hall–Kier alpha value is -2.44. The highest BCUT2D eigenvalue weighted by molar-refractivity contribution is 5.95. The van der Waals surface area contributed by atoms with Crippen molar-refractivity contribution in [2.24, 2.45) is 0 Å². The lowest BCUT2D eigenvalue weighted by Crippen LogP contribution is -2.45. The van der Waals surface area contributed by atoms with E-state index >= 15 is 0 Å².